The molecule has 13 rings (SSSR count). The Kier molecular flexibility index (Phi) is 28.6. The van der Waals surface area contributed by atoms with E-state index in [9.17, 15) is 33.9 Å². The Labute approximate surface area is 671 Å². The van der Waals surface area contributed by atoms with Crippen molar-refractivity contribution in [3.05, 3.63) is 370 Å². The second kappa shape index (κ2) is 40.4. The number of benzene rings is 4. The van der Waals surface area contributed by atoms with Crippen LogP contribution in [0, 0.1) is 22.7 Å². The topological polar surface area (TPSA) is 289 Å². The summed E-state index contributed by atoms with van der Waals surface area (Å²) in [5.74, 6) is 0.843. The number of pyridine rings is 8. The van der Waals surface area contributed by atoms with Crippen LogP contribution in [-0.2, 0) is 116 Å². The molecule has 1 aliphatic heterocycles. The van der Waals surface area contributed by atoms with Gasteiger partial charge in [-0.05, 0) is 152 Å². The zero-order valence-corrected chi connectivity index (χ0v) is 65.5. The third-order valence-corrected chi connectivity index (χ3v) is 20.6. The Hall–Kier alpha value is -13.0. The van der Waals surface area contributed by atoms with Crippen LogP contribution in [0.1, 0.15) is 92.3 Å². The van der Waals surface area contributed by atoms with E-state index in [1.54, 1.807) is 73.9 Å². The first-order chi connectivity index (χ1) is 56.0. The third-order valence-electron chi connectivity index (χ3n) is 19.1. The van der Waals surface area contributed by atoms with Gasteiger partial charge in [-0.2, -0.15) is 15.2 Å². The predicted octanol–water partition coefficient (Wildman–Crippen LogP) is 14.1. The number of phenolic OH excluding ortho intramolecular Hbond substituents is 2. The molecule has 0 spiro atoms. The molecular weight excluding hydrogens is 1460 g/mol. The van der Waals surface area contributed by atoms with Gasteiger partial charge in [-0.25, -0.2) is 8.42 Å². The van der Waals surface area contributed by atoms with Crippen molar-refractivity contribution in [1.82, 2.24) is 64.2 Å². The largest absolute Gasteiger partial charge is 0.507 e. The number of nitrogens with one attached hydrogen (secondary N) is 1. The van der Waals surface area contributed by atoms with Crippen LogP contribution < -0.4 is 9.62 Å². The van der Waals surface area contributed by atoms with Crippen LogP contribution in [-0.4, -0.2) is 111 Å². The van der Waals surface area contributed by atoms with Crippen molar-refractivity contribution in [3.8, 4) is 23.6 Å². The summed E-state index contributed by atoms with van der Waals surface area (Å²) in [6.07, 6.45) is 18.7. The monoisotopic (exact) mass is 1550 g/mol. The summed E-state index contributed by atoms with van der Waals surface area (Å²) in [7, 11) is 0.758. The zero-order chi connectivity index (χ0) is 80.3. The lowest BCUT2D eigenvalue weighted by molar-refractivity contribution is -0.142. The van der Waals surface area contributed by atoms with Gasteiger partial charge in [0.1, 0.15) is 46.8 Å². The fourth-order valence-electron chi connectivity index (χ4n) is 13.9. The van der Waals surface area contributed by atoms with Crippen molar-refractivity contribution < 1.29 is 32.9 Å². The second-order valence-corrected chi connectivity index (χ2v) is 29.8. The maximum Gasteiger partial charge on any atom is 0.324 e. The van der Waals surface area contributed by atoms with Crippen LogP contribution in [0.5, 0.6) is 11.5 Å². The Morgan fingerprint density at radius 1 is 0.452 bits per heavy atom. The molecule has 3 N–H and O–H groups in total. The molecule has 582 valence electrons. The van der Waals surface area contributed by atoms with Crippen molar-refractivity contribution in [2.45, 2.75) is 116 Å². The summed E-state index contributed by atoms with van der Waals surface area (Å²) in [6.45, 7) is 7.30. The van der Waals surface area contributed by atoms with E-state index in [-0.39, 0.29) is 41.5 Å². The van der Waals surface area contributed by atoms with Gasteiger partial charge in [0.25, 0.3) is 0 Å². The first-order valence-corrected chi connectivity index (χ1v) is 39.2. The molecule has 0 bridgehead atoms. The molecule has 0 aliphatic carbocycles. The van der Waals surface area contributed by atoms with E-state index in [0.29, 0.717) is 117 Å². The molecule has 0 radical (unpaired) electrons. The number of methoxy groups -OCH3 is 1. The van der Waals surface area contributed by atoms with Crippen LogP contribution >= 0.6 is 0 Å². The molecule has 4 aromatic carbocycles. The van der Waals surface area contributed by atoms with E-state index in [4.69, 9.17) is 9.47 Å². The lowest BCUT2D eigenvalue weighted by atomic mass is 9.98. The van der Waals surface area contributed by atoms with Gasteiger partial charge in [0.15, 0.2) is 0 Å². The van der Waals surface area contributed by atoms with Crippen LogP contribution in [0.4, 0.5) is 5.69 Å². The molecule has 1 aliphatic rings. The van der Waals surface area contributed by atoms with E-state index in [2.05, 4.69) is 76.3 Å². The minimum Gasteiger partial charge on any atom is -0.507 e. The van der Waals surface area contributed by atoms with Crippen LogP contribution in [0.3, 0.4) is 0 Å². The maximum absolute atomic E-state index is 14.3. The number of fused-ring (bicyclic) bond motifs is 1. The number of nitriles is 2. The summed E-state index contributed by atoms with van der Waals surface area (Å²) in [6, 6.07) is 67.5. The van der Waals surface area contributed by atoms with E-state index < -0.39 is 22.0 Å². The van der Waals surface area contributed by atoms with E-state index in [1.807, 2.05) is 214 Å². The molecule has 12 aromatic rings. The minimum atomic E-state index is -4.27. The quantitative estimate of drug-likeness (QED) is 0.0249. The molecule has 115 heavy (non-hydrogen) atoms. The average Bonchev–Trinajstić information content (AvgIpc) is 0.769. The number of carbonyl (C=O) groups is 1. The van der Waals surface area contributed by atoms with Gasteiger partial charge in [-0.15, -0.1) is 0 Å². The van der Waals surface area contributed by atoms with Gasteiger partial charge in [0.05, 0.1) is 57.6 Å². The fraction of sp³-hybridized carbons (Fsp3) is 0.220. The minimum absolute atomic E-state index is 0.0408. The van der Waals surface area contributed by atoms with E-state index in [0.717, 1.165) is 73.3 Å². The molecular formula is C91H90N16O7S. The summed E-state index contributed by atoms with van der Waals surface area (Å²) < 4.78 is 42.6. The van der Waals surface area contributed by atoms with Crippen molar-refractivity contribution in [3.63, 3.8) is 0 Å². The Bertz CT molecular complexity index is 5120. The number of carbonyl (C=O) groups excluding carboxylic acids is 1. The van der Waals surface area contributed by atoms with Gasteiger partial charge >= 0.3 is 5.97 Å². The molecule has 1 atom stereocenters. The summed E-state index contributed by atoms with van der Waals surface area (Å²) in [5, 5.41) is 44.5. The first kappa shape index (κ1) is 81.4. The van der Waals surface area contributed by atoms with Gasteiger partial charge in [0, 0.05) is 193 Å². The number of hydrogen-bond acceptors (Lipinski definition) is 22. The van der Waals surface area contributed by atoms with Crippen molar-refractivity contribution >= 4 is 32.5 Å². The number of aromatic nitrogens is 8. The van der Waals surface area contributed by atoms with Gasteiger partial charge in [0.2, 0.25) is 10.0 Å². The number of nitrogens with zero attached hydrogens (tertiary/aromatic N) is 15. The highest BCUT2D eigenvalue weighted by atomic mass is 32.2. The molecule has 0 saturated carbocycles. The summed E-state index contributed by atoms with van der Waals surface area (Å²) in [4.78, 5) is 60.9. The molecule has 0 amide bonds. The SMILES string of the molecule is CC1=CC(=C(C#N)C#N)C=C(CCc2cc(CN(Cc3ccccn3)Cc3ccccn3)c(O)c(CN(Cc3ccccn3)Cc3ccccn3)c2)O1.COC(=O)C(Cc1cc(CN(Cc2ccccn2)Cc2ccccn2)c(O)c(CN(Cc2ccccn2)Cc2ccccn2)c1)NS(=O)(=O)c1cccc2c(N(C)C)cccc12. The number of phenols is 2. The third kappa shape index (κ3) is 23.5. The molecule has 0 saturated heterocycles. The predicted molar refractivity (Wildman–Crippen MR) is 440 cm³/mol. The number of allylic oxidation sites excluding steroid dienone is 6. The number of aryl methyl sites for hydroxylation is 1. The lowest BCUT2D eigenvalue weighted by Crippen LogP contribution is -2.43. The smallest absolute Gasteiger partial charge is 0.324 e. The summed E-state index contributed by atoms with van der Waals surface area (Å²) >= 11 is 0. The molecule has 0 fully saturated rings. The molecule has 1 unspecified atom stereocenters. The number of sulfonamides is 1. The molecule has 8 aromatic heterocycles. The Morgan fingerprint density at radius 3 is 1.11 bits per heavy atom. The van der Waals surface area contributed by atoms with Crippen LogP contribution in [0.25, 0.3) is 10.8 Å². The number of esters is 1. The lowest BCUT2D eigenvalue weighted by Gasteiger charge is -2.26. The van der Waals surface area contributed by atoms with Gasteiger partial charge in [-0.1, -0.05) is 97.1 Å². The first-order valence-electron chi connectivity index (χ1n) is 37.7. The maximum atomic E-state index is 14.3. The Balaban J connectivity index is 0.000000215. The van der Waals surface area contributed by atoms with Gasteiger partial charge in [-0.3, -0.25) is 64.3 Å². The summed E-state index contributed by atoms with van der Waals surface area (Å²) in [5.41, 5.74) is 12.8. The van der Waals surface area contributed by atoms with E-state index in [1.165, 1.54) is 13.2 Å². The number of rotatable bonds is 34. The van der Waals surface area contributed by atoms with Gasteiger partial charge < -0.3 is 24.6 Å². The van der Waals surface area contributed by atoms with Crippen LogP contribution in [0.2, 0.25) is 0 Å². The average molecular weight is 1550 g/mol. The van der Waals surface area contributed by atoms with E-state index >= 15 is 0 Å². The number of anilines is 1. The highest BCUT2D eigenvalue weighted by Crippen LogP contribution is 2.35. The van der Waals surface area contributed by atoms with Crippen molar-refractivity contribution in [1.29, 1.82) is 10.5 Å². The van der Waals surface area contributed by atoms with Crippen molar-refractivity contribution in [2.24, 2.45) is 0 Å². The molecule has 23 nitrogen and oxygen atoms in total. The molecule has 24 heteroatoms. The van der Waals surface area contributed by atoms with Crippen molar-refractivity contribution in [2.75, 3.05) is 26.1 Å². The zero-order valence-electron chi connectivity index (χ0n) is 64.6. The fourth-order valence-corrected chi connectivity index (χ4v) is 15.3. The van der Waals surface area contributed by atoms with Crippen LogP contribution in [0.15, 0.2) is 296 Å². The Morgan fingerprint density at radius 2 is 0.791 bits per heavy atom. The number of ether oxygens (including phenoxy) is 2. The second-order valence-electron chi connectivity index (χ2n) is 28.1. The standard InChI is InChI=1S/C48H50N8O5S.C43H40N8O2/c1-54(2)45-20-12-19-43-42(45)18-13-21-46(43)62(59,60)53-44(48(58)61-3)28-35-26-36(29-55(31-38-14-4-8-22-49-38)32-39-15-5-9-23-50-39)47(57)37(27-35)30-56(33-40-16-6-10-24-51-40)34-41-17-7-11-25-52-41;1-32-20-34(37(24-44)25-45)23-42(53-32)15-14-33-21-35(26-50(28-38-10-2-6-16-46-38)29-39-11-3-7-17-47-39)43(52)36(22-33)27-51(30-40-12-4-8-18-48-40)31-41-13-5-9-19-49-41/h4-27,44,53,57H,28-34H2,1-3H3;2-13,16-23,52H,14-15,26-31H2,1H3. The highest BCUT2D eigenvalue weighted by molar-refractivity contribution is 7.89. The highest BCUT2D eigenvalue weighted by Gasteiger charge is 2.30. The molecule has 9 heterocycles. The normalized spacial score (nSPS) is 12.3. The number of aromatic hydroxyl groups is 2. The number of hydrogen-bond donors (Lipinski definition) is 3.